The van der Waals surface area contributed by atoms with Gasteiger partial charge in [-0.1, -0.05) is 32.1 Å². The number of hydrogen-bond donors (Lipinski definition) is 2. The molecule has 0 aliphatic heterocycles. The summed E-state index contributed by atoms with van der Waals surface area (Å²) in [6.07, 6.45) is 8.92. The second kappa shape index (κ2) is 9.52. The van der Waals surface area contributed by atoms with Crippen molar-refractivity contribution >= 4 is 5.57 Å². The first-order valence-electron chi connectivity index (χ1n) is 9.27. The maximum absolute atomic E-state index is 13.0. The minimum atomic E-state index is -0.463. The molecule has 1 aromatic heterocycles. The zero-order chi connectivity index (χ0) is 18.2. The Balaban J connectivity index is 0.00000109. The van der Waals surface area contributed by atoms with Crippen LogP contribution in [0, 0.1) is 11.7 Å². The molecular formula is C21H29FN2O. The number of nitrogens with one attached hydrogen (secondary N) is 1. The van der Waals surface area contributed by atoms with E-state index in [0.717, 1.165) is 37.0 Å². The van der Waals surface area contributed by atoms with E-state index < -0.39 is 6.10 Å². The molecule has 1 aromatic carbocycles. The Hall–Kier alpha value is -1.94. The van der Waals surface area contributed by atoms with Gasteiger partial charge >= 0.3 is 0 Å². The number of aliphatic hydroxyl groups is 1. The van der Waals surface area contributed by atoms with Crippen LogP contribution in [0.2, 0.25) is 0 Å². The molecule has 3 rings (SSSR count). The Labute approximate surface area is 150 Å². The summed E-state index contributed by atoms with van der Waals surface area (Å²) in [5, 5.41) is 10.7. The average Bonchev–Trinajstić information content (AvgIpc) is 3.19. The van der Waals surface area contributed by atoms with E-state index in [0.29, 0.717) is 5.92 Å². The van der Waals surface area contributed by atoms with Crippen molar-refractivity contribution in [2.45, 2.75) is 58.5 Å². The van der Waals surface area contributed by atoms with E-state index in [4.69, 9.17) is 0 Å². The van der Waals surface area contributed by atoms with Crippen molar-refractivity contribution in [2.75, 3.05) is 0 Å². The SMILES string of the molecule is C/C=C(/c1cnc[nH]1)C(O)C1CCC(c2ccc(F)cc2)CC1.CC. The van der Waals surface area contributed by atoms with Crippen LogP contribution in [0.1, 0.15) is 63.6 Å². The number of rotatable bonds is 4. The third-order valence-corrected chi connectivity index (χ3v) is 5.00. The highest BCUT2D eigenvalue weighted by atomic mass is 19.1. The second-order valence-electron chi connectivity index (χ2n) is 6.32. The highest BCUT2D eigenvalue weighted by Gasteiger charge is 2.29. The Bertz CT molecular complexity index is 641. The predicted molar refractivity (Wildman–Crippen MR) is 101 cm³/mol. The molecule has 0 bridgehead atoms. The number of aromatic amines is 1. The summed E-state index contributed by atoms with van der Waals surface area (Å²) < 4.78 is 13.0. The van der Waals surface area contributed by atoms with Gasteiger partial charge in [-0.3, -0.25) is 0 Å². The molecule has 2 N–H and O–H groups in total. The van der Waals surface area contributed by atoms with Crippen molar-refractivity contribution in [3.63, 3.8) is 0 Å². The monoisotopic (exact) mass is 344 g/mol. The Kier molecular flexibility index (Phi) is 7.38. The van der Waals surface area contributed by atoms with Crippen molar-refractivity contribution < 1.29 is 9.50 Å². The molecule has 1 atom stereocenters. The Morgan fingerprint density at radius 3 is 2.36 bits per heavy atom. The fourth-order valence-electron chi connectivity index (χ4n) is 3.66. The molecule has 4 heteroatoms. The minimum Gasteiger partial charge on any atom is -0.388 e. The number of imidazole rings is 1. The van der Waals surface area contributed by atoms with Crippen LogP contribution in [0.5, 0.6) is 0 Å². The summed E-state index contributed by atoms with van der Waals surface area (Å²) in [7, 11) is 0. The smallest absolute Gasteiger partial charge is 0.123 e. The molecule has 1 unspecified atom stereocenters. The Morgan fingerprint density at radius 1 is 1.20 bits per heavy atom. The third kappa shape index (κ3) is 4.79. The number of aromatic nitrogens is 2. The molecule has 1 saturated carbocycles. The van der Waals surface area contributed by atoms with E-state index in [-0.39, 0.29) is 11.7 Å². The van der Waals surface area contributed by atoms with Crippen LogP contribution in [0.4, 0.5) is 4.39 Å². The summed E-state index contributed by atoms with van der Waals surface area (Å²) >= 11 is 0. The number of aliphatic hydroxyl groups excluding tert-OH is 1. The van der Waals surface area contributed by atoms with Gasteiger partial charge in [0.25, 0.3) is 0 Å². The maximum atomic E-state index is 13.0. The molecular weight excluding hydrogens is 315 g/mol. The fourth-order valence-corrected chi connectivity index (χ4v) is 3.66. The van der Waals surface area contributed by atoms with E-state index in [1.807, 2.05) is 39.0 Å². The summed E-state index contributed by atoms with van der Waals surface area (Å²) in [4.78, 5) is 7.11. The van der Waals surface area contributed by atoms with Crippen molar-refractivity contribution in [3.8, 4) is 0 Å². The summed E-state index contributed by atoms with van der Waals surface area (Å²) in [6.45, 7) is 5.95. The topological polar surface area (TPSA) is 48.9 Å². The van der Waals surface area contributed by atoms with Gasteiger partial charge in [0.05, 0.1) is 24.3 Å². The first-order chi connectivity index (χ1) is 12.2. The normalized spacial score (nSPS) is 22.0. The van der Waals surface area contributed by atoms with Crippen LogP contribution in [-0.4, -0.2) is 21.2 Å². The van der Waals surface area contributed by atoms with Crippen molar-refractivity contribution in [1.29, 1.82) is 0 Å². The second-order valence-corrected chi connectivity index (χ2v) is 6.32. The zero-order valence-electron chi connectivity index (χ0n) is 15.4. The van der Waals surface area contributed by atoms with E-state index >= 15 is 0 Å². The first kappa shape index (κ1) is 19.4. The van der Waals surface area contributed by atoms with Crippen LogP contribution in [0.25, 0.3) is 5.57 Å². The van der Waals surface area contributed by atoms with Gasteiger partial charge in [0.1, 0.15) is 5.82 Å². The number of nitrogens with zero attached hydrogens (tertiary/aromatic N) is 1. The summed E-state index contributed by atoms with van der Waals surface area (Å²) in [6, 6.07) is 6.84. The molecule has 1 heterocycles. The van der Waals surface area contributed by atoms with Gasteiger partial charge in [-0.2, -0.15) is 0 Å². The third-order valence-electron chi connectivity index (χ3n) is 5.00. The minimum absolute atomic E-state index is 0.185. The zero-order valence-corrected chi connectivity index (χ0v) is 15.4. The van der Waals surface area contributed by atoms with E-state index in [1.165, 1.54) is 17.7 Å². The van der Waals surface area contributed by atoms with Gasteiger partial charge in [0, 0.05) is 5.57 Å². The van der Waals surface area contributed by atoms with Crippen LogP contribution in [0.3, 0.4) is 0 Å². The highest BCUT2D eigenvalue weighted by Crippen LogP contribution is 2.39. The molecule has 136 valence electrons. The van der Waals surface area contributed by atoms with Crippen LogP contribution >= 0.6 is 0 Å². The molecule has 1 aliphatic carbocycles. The molecule has 0 amide bonds. The standard InChI is InChI=1S/C19H23FN2O.C2H6/c1-2-17(18-11-21-12-22-18)19(23)15-5-3-13(4-6-15)14-7-9-16(20)10-8-14;1-2/h2,7-13,15,19,23H,3-6H2,1H3,(H,21,22);1-2H3/b17-2-;. The number of H-pyrrole nitrogens is 1. The lowest BCUT2D eigenvalue weighted by Crippen LogP contribution is -2.26. The molecule has 0 spiro atoms. The fraction of sp³-hybridized carbons (Fsp3) is 0.476. The van der Waals surface area contributed by atoms with Gasteiger partial charge in [-0.15, -0.1) is 0 Å². The number of allylic oxidation sites excluding steroid dienone is 1. The lowest BCUT2D eigenvalue weighted by atomic mass is 9.75. The van der Waals surface area contributed by atoms with Gasteiger partial charge in [-0.05, 0) is 62.1 Å². The number of hydrogen-bond acceptors (Lipinski definition) is 2. The van der Waals surface area contributed by atoms with Crippen molar-refractivity contribution in [1.82, 2.24) is 9.97 Å². The van der Waals surface area contributed by atoms with Gasteiger partial charge in [-0.25, -0.2) is 9.37 Å². The van der Waals surface area contributed by atoms with E-state index in [2.05, 4.69) is 9.97 Å². The van der Waals surface area contributed by atoms with Gasteiger partial charge < -0.3 is 10.1 Å². The summed E-state index contributed by atoms with van der Waals surface area (Å²) in [5.74, 6) is 0.552. The molecule has 25 heavy (non-hydrogen) atoms. The average molecular weight is 344 g/mol. The maximum Gasteiger partial charge on any atom is 0.123 e. The van der Waals surface area contributed by atoms with Crippen LogP contribution < -0.4 is 0 Å². The van der Waals surface area contributed by atoms with E-state index in [9.17, 15) is 9.50 Å². The van der Waals surface area contributed by atoms with Gasteiger partial charge in [0.2, 0.25) is 0 Å². The molecule has 3 nitrogen and oxygen atoms in total. The van der Waals surface area contributed by atoms with E-state index in [1.54, 1.807) is 12.5 Å². The largest absolute Gasteiger partial charge is 0.388 e. The quantitative estimate of drug-likeness (QED) is 0.789. The number of halogens is 1. The van der Waals surface area contributed by atoms with Crippen LogP contribution in [0.15, 0.2) is 42.9 Å². The summed E-state index contributed by atoms with van der Waals surface area (Å²) in [5.41, 5.74) is 3.02. The molecule has 0 radical (unpaired) electrons. The van der Waals surface area contributed by atoms with Crippen LogP contribution in [-0.2, 0) is 0 Å². The lowest BCUT2D eigenvalue weighted by Gasteiger charge is -2.32. The molecule has 2 aromatic rings. The van der Waals surface area contributed by atoms with Crippen molar-refractivity contribution in [3.05, 3.63) is 59.9 Å². The molecule has 1 aliphatic rings. The number of benzene rings is 1. The Morgan fingerprint density at radius 2 is 1.84 bits per heavy atom. The molecule has 1 fully saturated rings. The van der Waals surface area contributed by atoms with Gasteiger partial charge in [0.15, 0.2) is 0 Å². The molecule has 0 saturated heterocycles. The van der Waals surface area contributed by atoms with Crippen molar-refractivity contribution in [2.24, 2.45) is 5.92 Å². The highest BCUT2D eigenvalue weighted by molar-refractivity contribution is 5.65. The first-order valence-corrected chi connectivity index (χ1v) is 9.27. The predicted octanol–water partition coefficient (Wildman–Crippen LogP) is 5.31. The lowest BCUT2D eigenvalue weighted by molar-refractivity contribution is 0.127.